The summed E-state index contributed by atoms with van der Waals surface area (Å²) in [6.07, 6.45) is 3.45. The average Bonchev–Trinajstić information content (AvgIpc) is 3.10. The molecular weight excluding hydrogens is 374 g/mol. The summed E-state index contributed by atoms with van der Waals surface area (Å²) >= 11 is 6.35. The lowest BCUT2D eigenvalue weighted by molar-refractivity contribution is 0.243. The Morgan fingerprint density at radius 3 is 2.61 bits per heavy atom. The Kier molecular flexibility index (Phi) is 6.19. The van der Waals surface area contributed by atoms with Crippen LogP contribution in [-0.4, -0.2) is 20.6 Å². The van der Waals surface area contributed by atoms with E-state index < -0.39 is 0 Å². The minimum Gasteiger partial charge on any atom is -0.328 e. The van der Waals surface area contributed by atoms with Crippen LogP contribution >= 0.6 is 11.6 Å². The number of hydrogen-bond acceptors (Lipinski definition) is 3. The molecule has 0 spiro atoms. The molecule has 2 amide bonds. The van der Waals surface area contributed by atoms with E-state index in [2.05, 4.69) is 27.8 Å². The highest BCUT2D eigenvalue weighted by molar-refractivity contribution is 6.32. The number of urea groups is 1. The predicted molar refractivity (Wildman–Crippen MR) is 113 cm³/mol. The third-order valence-corrected chi connectivity index (χ3v) is 5.24. The molecule has 1 aromatic carbocycles. The normalized spacial score (nSPS) is 12.4. The van der Waals surface area contributed by atoms with Gasteiger partial charge < -0.3 is 10.6 Å². The van der Waals surface area contributed by atoms with Gasteiger partial charge in [-0.15, -0.1) is 10.2 Å². The largest absolute Gasteiger partial charge is 0.328 e. The molecule has 1 atom stereocenters. The van der Waals surface area contributed by atoms with Crippen LogP contribution in [0.15, 0.2) is 36.5 Å². The Bertz CT molecular complexity index is 982. The molecule has 2 N–H and O–H groups in total. The molecule has 0 saturated heterocycles. The van der Waals surface area contributed by atoms with Crippen molar-refractivity contribution in [3.8, 4) is 0 Å². The first kappa shape index (κ1) is 20.1. The SMILES string of the molecule is CCc1ccc(Cl)c(CC)c1NC(=O)NC(c1nnc2ccccn12)C(C)C. The zero-order chi connectivity index (χ0) is 20.3. The number of nitrogens with zero attached hydrogens (tertiary/aromatic N) is 3. The quantitative estimate of drug-likeness (QED) is 0.610. The molecule has 7 heteroatoms. The van der Waals surface area contributed by atoms with Gasteiger partial charge in [0.25, 0.3) is 0 Å². The van der Waals surface area contributed by atoms with Crippen LogP contribution in [0.25, 0.3) is 5.65 Å². The summed E-state index contributed by atoms with van der Waals surface area (Å²) in [6, 6.07) is 9.01. The molecule has 2 aromatic heterocycles. The van der Waals surface area contributed by atoms with Gasteiger partial charge >= 0.3 is 6.03 Å². The summed E-state index contributed by atoms with van der Waals surface area (Å²) in [7, 11) is 0. The van der Waals surface area contributed by atoms with Crippen molar-refractivity contribution in [1.29, 1.82) is 0 Å². The Labute approximate surface area is 170 Å². The van der Waals surface area contributed by atoms with Crippen molar-refractivity contribution in [2.24, 2.45) is 5.92 Å². The molecule has 6 nitrogen and oxygen atoms in total. The highest BCUT2D eigenvalue weighted by Crippen LogP contribution is 2.30. The third kappa shape index (κ3) is 3.97. The summed E-state index contributed by atoms with van der Waals surface area (Å²) < 4.78 is 1.90. The van der Waals surface area contributed by atoms with Crippen molar-refractivity contribution >= 4 is 29.0 Å². The van der Waals surface area contributed by atoms with Crippen LogP contribution in [0.2, 0.25) is 5.02 Å². The molecule has 2 heterocycles. The number of pyridine rings is 1. The van der Waals surface area contributed by atoms with E-state index in [0.717, 1.165) is 35.3 Å². The molecule has 0 bridgehead atoms. The number of aromatic nitrogens is 3. The summed E-state index contributed by atoms with van der Waals surface area (Å²) in [5.74, 6) is 0.840. The van der Waals surface area contributed by atoms with Crippen LogP contribution < -0.4 is 10.6 Å². The van der Waals surface area contributed by atoms with Crippen LogP contribution in [0.5, 0.6) is 0 Å². The molecule has 3 aromatic rings. The lowest BCUT2D eigenvalue weighted by atomic mass is 10.0. The molecule has 0 fully saturated rings. The Balaban J connectivity index is 1.88. The van der Waals surface area contributed by atoms with E-state index in [1.165, 1.54) is 0 Å². The lowest BCUT2D eigenvalue weighted by Gasteiger charge is -2.22. The number of benzene rings is 1. The van der Waals surface area contributed by atoms with E-state index in [4.69, 9.17) is 11.6 Å². The van der Waals surface area contributed by atoms with Gasteiger partial charge in [-0.05, 0) is 48.1 Å². The van der Waals surface area contributed by atoms with Crippen molar-refractivity contribution in [3.05, 3.63) is 58.5 Å². The summed E-state index contributed by atoms with van der Waals surface area (Å²) in [5, 5.41) is 15.3. The number of anilines is 1. The van der Waals surface area contributed by atoms with E-state index in [-0.39, 0.29) is 18.0 Å². The van der Waals surface area contributed by atoms with E-state index in [9.17, 15) is 4.79 Å². The average molecular weight is 400 g/mol. The maximum absolute atomic E-state index is 12.9. The second-order valence-corrected chi connectivity index (χ2v) is 7.48. The van der Waals surface area contributed by atoms with Crippen LogP contribution in [0.1, 0.15) is 50.7 Å². The van der Waals surface area contributed by atoms with Crippen molar-refractivity contribution in [2.75, 3.05) is 5.32 Å². The van der Waals surface area contributed by atoms with Crippen molar-refractivity contribution in [1.82, 2.24) is 19.9 Å². The van der Waals surface area contributed by atoms with Gasteiger partial charge in [0.1, 0.15) is 0 Å². The number of carbonyl (C=O) groups excluding carboxylic acids is 1. The van der Waals surface area contributed by atoms with Gasteiger partial charge in [-0.3, -0.25) is 4.40 Å². The second-order valence-electron chi connectivity index (χ2n) is 7.07. The highest BCUT2D eigenvalue weighted by atomic mass is 35.5. The molecule has 0 aliphatic heterocycles. The van der Waals surface area contributed by atoms with E-state index >= 15 is 0 Å². The fourth-order valence-corrected chi connectivity index (χ4v) is 3.65. The fraction of sp³-hybridized carbons (Fsp3) is 0.381. The number of rotatable bonds is 6. The first-order valence-electron chi connectivity index (χ1n) is 9.63. The molecule has 0 aliphatic carbocycles. The zero-order valence-electron chi connectivity index (χ0n) is 16.7. The van der Waals surface area contributed by atoms with Crippen LogP contribution in [-0.2, 0) is 12.8 Å². The molecule has 28 heavy (non-hydrogen) atoms. The number of halogens is 1. The first-order valence-corrected chi connectivity index (χ1v) is 10.0. The fourth-order valence-electron chi connectivity index (χ4n) is 3.36. The monoisotopic (exact) mass is 399 g/mol. The summed E-state index contributed by atoms with van der Waals surface area (Å²) in [4.78, 5) is 12.9. The summed E-state index contributed by atoms with van der Waals surface area (Å²) in [5.41, 5.74) is 3.56. The van der Waals surface area contributed by atoms with Crippen LogP contribution in [0, 0.1) is 5.92 Å². The number of carbonyl (C=O) groups is 1. The summed E-state index contributed by atoms with van der Waals surface area (Å²) in [6.45, 7) is 8.18. The lowest BCUT2D eigenvalue weighted by Crippen LogP contribution is -2.36. The van der Waals surface area contributed by atoms with Crippen molar-refractivity contribution in [3.63, 3.8) is 0 Å². The third-order valence-electron chi connectivity index (χ3n) is 4.89. The number of amides is 2. The molecular formula is C21H26ClN5O. The molecule has 0 radical (unpaired) electrons. The van der Waals surface area contributed by atoms with Gasteiger partial charge in [-0.1, -0.05) is 51.4 Å². The first-order chi connectivity index (χ1) is 13.5. The molecule has 0 saturated carbocycles. The smallest absolute Gasteiger partial charge is 0.319 e. The molecule has 1 unspecified atom stereocenters. The number of hydrogen-bond donors (Lipinski definition) is 2. The van der Waals surface area contributed by atoms with Crippen molar-refractivity contribution < 1.29 is 4.79 Å². The van der Waals surface area contributed by atoms with Crippen LogP contribution in [0.3, 0.4) is 0 Å². The maximum Gasteiger partial charge on any atom is 0.319 e. The minimum atomic E-state index is -0.285. The van der Waals surface area contributed by atoms with Gasteiger partial charge in [0, 0.05) is 11.2 Å². The Morgan fingerprint density at radius 2 is 1.93 bits per heavy atom. The number of nitrogens with one attached hydrogen (secondary N) is 2. The van der Waals surface area contributed by atoms with E-state index in [0.29, 0.717) is 10.8 Å². The number of fused-ring (bicyclic) bond motifs is 1. The predicted octanol–water partition coefficient (Wildman–Crippen LogP) is 5.03. The second kappa shape index (κ2) is 8.61. The van der Waals surface area contributed by atoms with Gasteiger partial charge in [-0.2, -0.15) is 0 Å². The van der Waals surface area contributed by atoms with E-state index in [1.54, 1.807) is 0 Å². The van der Waals surface area contributed by atoms with Crippen LogP contribution in [0.4, 0.5) is 10.5 Å². The standard InChI is InChI=1S/C21H26ClN5O/c1-5-14-10-11-16(22)15(6-2)19(14)24-21(28)23-18(13(3)4)20-26-25-17-9-7-8-12-27(17)20/h7-13,18H,5-6H2,1-4H3,(H2,23,24,28). The van der Waals surface area contributed by atoms with Gasteiger partial charge in [0.15, 0.2) is 11.5 Å². The zero-order valence-corrected chi connectivity index (χ0v) is 17.4. The Hall–Kier alpha value is -2.60. The van der Waals surface area contributed by atoms with Gasteiger partial charge in [0.2, 0.25) is 0 Å². The van der Waals surface area contributed by atoms with Crippen molar-refractivity contribution in [2.45, 2.75) is 46.6 Å². The molecule has 148 valence electrons. The topological polar surface area (TPSA) is 71.3 Å². The highest BCUT2D eigenvalue weighted by Gasteiger charge is 2.24. The molecule has 3 rings (SSSR count). The Morgan fingerprint density at radius 1 is 1.14 bits per heavy atom. The maximum atomic E-state index is 12.9. The van der Waals surface area contributed by atoms with Gasteiger partial charge in [-0.25, -0.2) is 4.79 Å². The molecule has 0 aliphatic rings. The number of aryl methyl sites for hydroxylation is 1. The van der Waals surface area contributed by atoms with Gasteiger partial charge in [0.05, 0.1) is 11.7 Å². The van der Waals surface area contributed by atoms with E-state index in [1.807, 2.05) is 61.7 Å². The minimum absolute atomic E-state index is 0.133.